The van der Waals surface area contributed by atoms with Crippen LogP contribution in [0.2, 0.25) is 0 Å². The maximum Gasteiger partial charge on any atom is 0.295 e. The molecule has 0 heterocycles. The minimum atomic E-state index is -0.489. The highest BCUT2D eigenvalue weighted by molar-refractivity contribution is 5.73. The quantitative estimate of drug-likeness (QED) is 0.431. The zero-order valence-corrected chi connectivity index (χ0v) is 8.93. The van der Waals surface area contributed by atoms with Crippen LogP contribution < -0.4 is 0 Å². The number of rotatable bonds is 3. The molecule has 1 rings (SSSR count). The van der Waals surface area contributed by atoms with E-state index >= 15 is 0 Å². The summed E-state index contributed by atoms with van der Waals surface area (Å²) in [6, 6.07) is 4.67. The van der Waals surface area contributed by atoms with E-state index in [1.165, 1.54) is 12.1 Å². The van der Waals surface area contributed by atoms with E-state index < -0.39 is 4.92 Å². The van der Waals surface area contributed by atoms with E-state index in [4.69, 9.17) is 0 Å². The van der Waals surface area contributed by atoms with Crippen molar-refractivity contribution in [3.05, 3.63) is 40.5 Å². The van der Waals surface area contributed by atoms with Gasteiger partial charge in [-0.1, -0.05) is 38.6 Å². The van der Waals surface area contributed by atoms with Crippen LogP contribution in [-0.4, -0.2) is 11.6 Å². The molecule has 0 bridgehead atoms. The Morgan fingerprint density at radius 3 is 2.47 bits per heavy atom. The van der Waals surface area contributed by atoms with Crippen molar-refractivity contribution in [2.45, 2.75) is 13.8 Å². The summed E-state index contributed by atoms with van der Waals surface area (Å²) in [7, 11) is 0. The maximum atomic E-state index is 10.5. The molecule has 0 unspecified atom stereocenters. The molecule has 0 aromatic heterocycles. The number of benzene rings is 1. The molecule has 0 fully saturated rings. The molecule has 0 spiro atoms. The first kappa shape index (κ1) is 13.0. The Morgan fingerprint density at radius 2 is 2.07 bits per heavy atom. The lowest BCUT2D eigenvalue weighted by Crippen LogP contribution is -1.89. The number of nitrogens with zero attached hydrogens (tertiary/aromatic N) is 2. The number of aliphatic imine (C=N–C) groups is 1. The predicted octanol–water partition coefficient (Wildman–Crippen LogP) is 3.60. The molecule has 0 N–H and O–H groups in total. The second-order valence-electron chi connectivity index (χ2n) is 2.33. The topological polar surface area (TPSA) is 55.5 Å². The third-order valence-electron chi connectivity index (χ3n) is 1.62. The van der Waals surface area contributed by atoms with Crippen molar-refractivity contribution in [3.63, 3.8) is 0 Å². The Labute approximate surface area is 89.1 Å². The average Bonchev–Trinajstić information content (AvgIpc) is 2.30. The highest BCUT2D eigenvalue weighted by atomic mass is 16.6. The van der Waals surface area contributed by atoms with E-state index in [0.717, 1.165) is 0 Å². The van der Waals surface area contributed by atoms with Crippen molar-refractivity contribution < 1.29 is 4.92 Å². The molecule has 0 aliphatic rings. The van der Waals surface area contributed by atoms with Gasteiger partial charge < -0.3 is 0 Å². The van der Waals surface area contributed by atoms with Gasteiger partial charge in [-0.2, -0.15) is 0 Å². The molecule has 0 radical (unpaired) electrons. The molecular formula is C11H14N2O2. The van der Waals surface area contributed by atoms with Crippen molar-refractivity contribution in [2.75, 3.05) is 0 Å². The predicted molar refractivity (Wildman–Crippen MR) is 63.7 cm³/mol. The Morgan fingerprint density at radius 1 is 1.47 bits per heavy atom. The maximum absolute atomic E-state index is 10.5. The third-order valence-corrected chi connectivity index (χ3v) is 1.62. The molecule has 80 valence electrons. The van der Waals surface area contributed by atoms with Gasteiger partial charge in [-0.3, -0.25) is 15.1 Å². The van der Waals surface area contributed by atoms with Crippen LogP contribution in [-0.2, 0) is 0 Å². The molecule has 0 amide bonds. The standard InChI is InChI=1S/C9H8N2O2.C2H6/c1-3-7-5-4-6-8(11(12)13)9(7)10-2;1-2/h3-6H,1-2H2;1-2H3. The van der Waals surface area contributed by atoms with Crippen LogP contribution in [0.5, 0.6) is 0 Å². The Kier molecular flexibility index (Phi) is 5.63. The van der Waals surface area contributed by atoms with E-state index in [2.05, 4.69) is 18.3 Å². The minimum Gasteiger partial charge on any atom is -0.258 e. The van der Waals surface area contributed by atoms with E-state index in [-0.39, 0.29) is 11.4 Å². The molecule has 0 aliphatic heterocycles. The molecule has 1 aromatic carbocycles. The van der Waals surface area contributed by atoms with Gasteiger partial charge in [0.2, 0.25) is 0 Å². The van der Waals surface area contributed by atoms with Gasteiger partial charge in [-0.25, -0.2) is 0 Å². The molecule has 15 heavy (non-hydrogen) atoms. The van der Waals surface area contributed by atoms with Crippen LogP contribution in [0, 0.1) is 10.1 Å². The van der Waals surface area contributed by atoms with Gasteiger partial charge in [-0.15, -0.1) is 0 Å². The first-order valence-electron chi connectivity index (χ1n) is 4.57. The fourth-order valence-electron chi connectivity index (χ4n) is 1.03. The normalized spacial score (nSPS) is 8.40. The molecule has 0 aliphatic carbocycles. The fraction of sp³-hybridized carbons (Fsp3) is 0.182. The second kappa shape index (κ2) is 6.48. The number of hydrogen-bond donors (Lipinski definition) is 0. The van der Waals surface area contributed by atoms with Gasteiger partial charge in [0.1, 0.15) is 5.69 Å². The Hall–Kier alpha value is -1.97. The van der Waals surface area contributed by atoms with Crippen LogP contribution in [0.15, 0.2) is 29.8 Å². The first-order chi connectivity index (χ1) is 7.20. The summed E-state index contributed by atoms with van der Waals surface area (Å²) in [5.41, 5.74) is 0.833. The van der Waals surface area contributed by atoms with E-state index in [9.17, 15) is 10.1 Å². The Bertz CT molecular complexity index is 373. The van der Waals surface area contributed by atoms with Crippen molar-refractivity contribution in [2.24, 2.45) is 4.99 Å². The van der Waals surface area contributed by atoms with Crippen LogP contribution in [0.25, 0.3) is 6.08 Å². The molecule has 0 saturated carbocycles. The van der Waals surface area contributed by atoms with Crippen molar-refractivity contribution in [1.29, 1.82) is 0 Å². The highest BCUT2D eigenvalue weighted by Gasteiger charge is 2.13. The van der Waals surface area contributed by atoms with Crippen molar-refractivity contribution in [3.8, 4) is 0 Å². The lowest BCUT2D eigenvalue weighted by Gasteiger charge is -1.99. The molecule has 1 aromatic rings. The van der Waals surface area contributed by atoms with Crippen LogP contribution >= 0.6 is 0 Å². The van der Waals surface area contributed by atoms with Gasteiger partial charge in [0, 0.05) is 11.6 Å². The summed E-state index contributed by atoms with van der Waals surface area (Å²) in [4.78, 5) is 13.6. The van der Waals surface area contributed by atoms with Gasteiger partial charge in [0.15, 0.2) is 0 Å². The Balaban J connectivity index is 0.000000921. The zero-order valence-electron chi connectivity index (χ0n) is 8.93. The van der Waals surface area contributed by atoms with Gasteiger partial charge in [0.25, 0.3) is 5.69 Å². The zero-order chi connectivity index (χ0) is 11.8. The largest absolute Gasteiger partial charge is 0.295 e. The summed E-state index contributed by atoms with van der Waals surface area (Å²) in [5, 5.41) is 10.5. The van der Waals surface area contributed by atoms with Gasteiger partial charge in [-0.05, 0) is 6.72 Å². The summed E-state index contributed by atoms with van der Waals surface area (Å²) in [6.45, 7) is 10.8. The number of nitro groups is 1. The van der Waals surface area contributed by atoms with Gasteiger partial charge >= 0.3 is 0 Å². The van der Waals surface area contributed by atoms with E-state index in [1.807, 2.05) is 13.8 Å². The summed E-state index contributed by atoms with van der Waals surface area (Å²) in [6.07, 6.45) is 1.51. The lowest BCUT2D eigenvalue weighted by molar-refractivity contribution is -0.384. The first-order valence-corrected chi connectivity index (χ1v) is 4.57. The fourth-order valence-corrected chi connectivity index (χ4v) is 1.03. The molecule has 4 nitrogen and oxygen atoms in total. The van der Waals surface area contributed by atoms with Crippen LogP contribution in [0.1, 0.15) is 19.4 Å². The number of nitro benzene ring substituents is 1. The molecule has 0 atom stereocenters. The van der Waals surface area contributed by atoms with Crippen molar-refractivity contribution >= 4 is 24.2 Å². The molecule has 4 heteroatoms. The van der Waals surface area contributed by atoms with Crippen LogP contribution in [0.3, 0.4) is 0 Å². The van der Waals surface area contributed by atoms with Crippen molar-refractivity contribution in [1.82, 2.24) is 0 Å². The third kappa shape index (κ3) is 3.02. The van der Waals surface area contributed by atoms with E-state index in [0.29, 0.717) is 5.56 Å². The molecule has 0 saturated heterocycles. The summed E-state index contributed by atoms with van der Waals surface area (Å²) >= 11 is 0. The molecular weight excluding hydrogens is 192 g/mol. The van der Waals surface area contributed by atoms with Gasteiger partial charge in [0.05, 0.1) is 4.92 Å². The SMILES string of the molecule is C=Cc1cccc([N+](=O)[O-])c1N=C.CC. The van der Waals surface area contributed by atoms with Crippen LogP contribution in [0.4, 0.5) is 11.4 Å². The monoisotopic (exact) mass is 206 g/mol. The lowest BCUT2D eigenvalue weighted by atomic mass is 10.1. The average molecular weight is 206 g/mol. The summed E-state index contributed by atoms with van der Waals surface area (Å²) in [5.74, 6) is 0. The summed E-state index contributed by atoms with van der Waals surface area (Å²) < 4.78 is 0. The smallest absolute Gasteiger partial charge is 0.258 e. The number of para-hydroxylation sites is 1. The number of hydrogen-bond acceptors (Lipinski definition) is 3. The second-order valence-corrected chi connectivity index (χ2v) is 2.33. The highest BCUT2D eigenvalue weighted by Crippen LogP contribution is 2.30. The minimum absolute atomic E-state index is 0.0487. The van der Waals surface area contributed by atoms with E-state index in [1.54, 1.807) is 12.1 Å².